The van der Waals surface area contributed by atoms with E-state index in [1.165, 1.54) is 22.0 Å². The van der Waals surface area contributed by atoms with Gasteiger partial charge in [-0.2, -0.15) is 11.8 Å². The number of nitrogens with zero attached hydrogens (tertiary/aromatic N) is 1. The van der Waals surface area contributed by atoms with Gasteiger partial charge in [-0.1, -0.05) is 17.7 Å². The summed E-state index contributed by atoms with van der Waals surface area (Å²) in [6, 6.07) is 8.49. The van der Waals surface area contributed by atoms with Crippen molar-refractivity contribution in [3.05, 3.63) is 45.9 Å². The number of nitrogens with one attached hydrogen (secondary N) is 1. The van der Waals surface area contributed by atoms with Crippen molar-refractivity contribution in [1.82, 2.24) is 4.98 Å². The predicted octanol–water partition coefficient (Wildman–Crippen LogP) is 3.97. The van der Waals surface area contributed by atoms with Crippen molar-refractivity contribution >= 4 is 28.8 Å². The van der Waals surface area contributed by atoms with Crippen LogP contribution in [0.1, 0.15) is 16.3 Å². The van der Waals surface area contributed by atoms with Crippen LogP contribution in [0.3, 0.4) is 0 Å². The monoisotopic (exact) mass is 278 g/mol. The number of thioether (sulfide) groups is 1. The van der Waals surface area contributed by atoms with Crippen LogP contribution < -0.4 is 5.32 Å². The fraction of sp³-hybridized carbons (Fsp3) is 0.357. The summed E-state index contributed by atoms with van der Waals surface area (Å²) < 4.78 is 0. The zero-order valence-electron chi connectivity index (χ0n) is 10.8. The van der Waals surface area contributed by atoms with E-state index >= 15 is 0 Å². The maximum Gasteiger partial charge on any atom is 0.103 e. The predicted molar refractivity (Wildman–Crippen MR) is 82.7 cm³/mol. The molecule has 1 aromatic carbocycles. The normalized spacial score (nSPS) is 10.6. The maximum absolute atomic E-state index is 4.60. The molecule has 0 amide bonds. The molecule has 2 aromatic rings. The van der Waals surface area contributed by atoms with E-state index in [0.29, 0.717) is 0 Å². The van der Waals surface area contributed by atoms with Gasteiger partial charge in [-0.3, -0.25) is 0 Å². The van der Waals surface area contributed by atoms with Gasteiger partial charge >= 0.3 is 0 Å². The highest BCUT2D eigenvalue weighted by atomic mass is 32.2. The molecule has 1 N–H and O–H groups in total. The molecule has 0 spiro atoms. The van der Waals surface area contributed by atoms with E-state index in [0.717, 1.165) is 18.7 Å². The Morgan fingerprint density at radius 2 is 2.06 bits per heavy atom. The molecule has 4 heteroatoms. The second kappa shape index (κ2) is 6.81. The van der Waals surface area contributed by atoms with Crippen molar-refractivity contribution < 1.29 is 0 Å². The molecule has 0 radical (unpaired) electrons. The molecule has 0 saturated carbocycles. The molecular weight excluding hydrogens is 260 g/mol. The van der Waals surface area contributed by atoms with Gasteiger partial charge in [0, 0.05) is 29.8 Å². The number of aromatic nitrogens is 1. The minimum Gasteiger partial charge on any atom is -0.385 e. The summed E-state index contributed by atoms with van der Waals surface area (Å²) in [5.41, 5.74) is 3.67. The third-order valence-corrected chi connectivity index (χ3v) is 4.27. The van der Waals surface area contributed by atoms with E-state index in [1.54, 1.807) is 11.3 Å². The summed E-state index contributed by atoms with van der Waals surface area (Å²) in [6.07, 6.45) is 3.10. The van der Waals surface area contributed by atoms with Crippen molar-refractivity contribution in [2.24, 2.45) is 0 Å². The van der Waals surface area contributed by atoms with Crippen LogP contribution in [0.2, 0.25) is 0 Å². The summed E-state index contributed by atoms with van der Waals surface area (Å²) in [7, 11) is 0. The first-order chi connectivity index (χ1) is 8.78. The topological polar surface area (TPSA) is 24.9 Å². The van der Waals surface area contributed by atoms with Gasteiger partial charge in [-0.15, -0.1) is 11.3 Å². The second-order valence-electron chi connectivity index (χ2n) is 4.21. The molecule has 2 nitrogen and oxygen atoms in total. The van der Waals surface area contributed by atoms with Crippen LogP contribution in [0.25, 0.3) is 0 Å². The molecule has 0 atom stereocenters. The van der Waals surface area contributed by atoms with Gasteiger partial charge in [0.05, 0.1) is 5.69 Å². The Morgan fingerprint density at radius 1 is 1.28 bits per heavy atom. The highest BCUT2D eigenvalue weighted by molar-refractivity contribution is 7.97. The first-order valence-electron chi connectivity index (χ1n) is 6.00. The highest BCUT2D eigenvalue weighted by Crippen LogP contribution is 2.15. The summed E-state index contributed by atoms with van der Waals surface area (Å²) in [6.45, 7) is 3.04. The Morgan fingerprint density at radius 3 is 2.78 bits per heavy atom. The minimum absolute atomic E-state index is 0.936. The standard InChI is InChI=1S/C14H18N2S2/c1-11-3-5-12(6-4-11)15-8-7-13-9-18-14(16-13)10-17-2/h3-6,9,15H,7-8,10H2,1-2H3. The van der Waals surface area contributed by atoms with Gasteiger partial charge in [-0.05, 0) is 25.3 Å². The van der Waals surface area contributed by atoms with Gasteiger partial charge in [0.15, 0.2) is 0 Å². The molecule has 1 aromatic heterocycles. The number of hydrogen-bond acceptors (Lipinski definition) is 4. The molecule has 0 unspecified atom stereocenters. The number of hydrogen-bond donors (Lipinski definition) is 1. The van der Waals surface area contributed by atoms with Crippen LogP contribution in [-0.4, -0.2) is 17.8 Å². The van der Waals surface area contributed by atoms with E-state index in [1.807, 2.05) is 11.8 Å². The van der Waals surface area contributed by atoms with Crippen molar-refractivity contribution in [2.45, 2.75) is 19.1 Å². The average Bonchev–Trinajstić information content (AvgIpc) is 2.80. The third kappa shape index (κ3) is 4.03. The molecule has 0 aliphatic rings. The van der Waals surface area contributed by atoms with Crippen LogP contribution in [0, 0.1) is 6.92 Å². The van der Waals surface area contributed by atoms with Crippen LogP contribution in [-0.2, 0) is 12.2 Å². The number of rotatable bonds is 6. The molecule has 0 aliphatic heterocycles. The van der Waals surface area contributed by atoms with Crippen LogP contribution in [0.15, 0.2) is 29.6 Å². The molecule has 96 valence electrons. The van der Waals surface area contributed by atoms with E-state index < -0.39 is 0 Å². The zero-order chi connectivity index (χ0) is 12.8. The van der Waals surface area contributed by atoms with Gasteiger partial charge < -0.3 is 5.32 Å². The fourth-order valence-electron chi connectivity index (χ4n) is 1.66. The molecule has 18 heavy (non-hydrogen) atoms. The van der Waals surface area contributed by atoms with Gasteiger partial charge in [0.2, 0.25) is 0 Å². The maximum atomic E-state index is 4.60. The van der Waals surface area contributed by atoms with E-state index in [2.05, 4.69) is 53.1 Å². The molecule has 0 aliphatic carbocycles. The minimum atomic E-state index is 0.936. The van der Waals surface area contributed by atoms with E-state index in [9.17, 15) is 0 Å². The lowest BCUT2D eigenvalue weighted by atomic mass is 10.2. The third-order valence-electron chi connectivity index (χ3n) is 2.63. The summed E-state index contributed by atoms with van der Waals surface area (Å²) in [5, 5.41) is 6.82. The van der Waals surface area contributed by atoms with Crippen molar-refractivity contribution in [1.29, 1.82) is 0 Å². The van der Waals surface area contributed by atoms with Crippen molar-refractivity contribution in [3.8, 4) is 0 Å². The molecule has 0 saturated heterocycles. The van der Waals surface area contributed by atoms with Crippen LogP contribution >= 0.6 is 23.1 Å². The zero-order valence-corrected chi connectivity index (χ0v) is 12.4. The van der Waals surface area contributed by atoms with Gasteiger partial charge in [0.25, 0.3) is 0 Å². The number of thiazole rings is 1. The molecule has 0 fully saturated rings. The Labute approximate surface area is 117 Å². The molecule has 2 rings (SSSR count). The largest absolute Gasteiger partial charge is 0.385 e. The lowest BCUT2D eigenvalue weighted by Crippen LogP contribution is -2.05. The SMILES string of the molecule is CSCc1nc(CCNc2ccc(C)cc2)cs1. The van der Waals surface area contributed by atoms with E-state index in [4.69, 9.17) is 0 Å². The number of anilines is 1. The Hall–Kier alpha value is -1.00. The lowest BCUT2D eigenvalue weighted by molar-refractivity contribution is 0.966. The Bertz CT molecular complexity index is 477. The number of aryl methyl sites for hydroxylation is 1. The van der Waals surface area contributed by atoms with Crippen LogP contribution in [0.4, 0.5) is 5.69 Å². The quantitative estimate of drug-likeness (QED) is 0.865. The van der Waals surface area contributed by atoms with E-state index in [-0.39, 0.29) is 0 Å². The van der Waals surface area contributed by atoms with Crippen molar-refractivity contribution in [2.75, 3.05) is 18.1 Å². The molecular formula is C14H18N2S2. The van der Waals surface area contributed by atoms with Crippen molar-refractivity contribution in [3.63, 3.8) is 0 Å². The number of benzene rings is 1. The summed E-state index contributed by atoms with van der Waals surface area (Å²) in [5.74, 6) is 1.02. The first kappa shape index (κ1) is 13.4. The molecule has 0 bridgehead atoms. The van der Waals surface area contributed by atoms with Crippen LogP contribution in [0.5, 0.6) is 0 Å². The fourth-order valence-corrected chi connectivity index (χ4v) is 3.21. The first-order valence-corrected chi connectivity index (χ1v) is 8.28. The highest BCUT2D eigenvalue weighted by Gasteiger charge is 2.01. The van der Waals surface area contributed by atoms with Gasteiger partial charge in [-0.25, -0.2) is 4.98 Å². The lowest BCUT2D eigenvalue weighted by Gasteiger charge is -2.05. The summed E-state index contributed by atoms with van der Waals surface area (Å²) in [4.78, 5) is 4.60. The smallest absolute Gasteiger partial charge is 0.103 e. The summed E-state index contributed by atoms with van der Waals surface area (Å²) >= 11 is 3.58. The van der Waals surface area contributed by atoms with Gasteiger partial charge in [0.1, 0.15) is 5.01 Å². The average molecular weight is 278 g/mol. The second-order valence-corrected chi connectivity index (χ2v) is 6.02. The Kier molecular flexibility index (Phi) is 5.08. The Balaban J connectivity index is 1.79. The molecule has 1 heterocycles.